The second-order valence-corrected chi connectivity index (χ2v) is 4.02. The van der Waals surface area contributed by atoms with Crippen molar-refractivity contribution in [3.8, 4) is 0 Å². The van der Waals surface area contributed by atoms with Gasteiger partial charge in [-0.3, -0.25) is 9.59 Å². The summed E-state index contributed by atoms with van der Waals surface area (Å²) >= 11 is 1.67. The highest BCUT2D eigenvalue weighted by atomic mass is 127. The number of benzene rings is 1. The first-order valence-corrected chi connectivity index (χ1v) is 5.13. The van der Waals surface area contributed by atoms with Crippen molar-refractivity contribution in [1.29, 1.82) is 0 Å². The van der Waals surface area contributed by atoms with Crippen molar-refractivity contribution in [2.75, 3.05) is 0 Å². The molecule has 1 rings (SSSR count). The third kappa shape index (κ3) is 2.58. The molecular weight excluding hydrogens is 317 g/mol. The Bertz CT molecular complexity index is 416. The lowest BCUT2D eigenvalue weighted by atomic mass is 10.0. The highest BCUT2D eigenvalue weighted by molar-refractivity contribution is 14.1. The maximum atomic E-state index is 12.6. The van der Waals surface area contributed by atoms with Gasteiger partial charge in [0.15, 0.2) is 12.1 Å². The molecule has 0 amide bonds. The van der Waals surface area contributed by atoms with Crippen LogP contribution >= 0.6 is 22.6 Å². The van der Waals surface area contributed by atoms with E-state index < -0.39 is 6.43 Å². The molecule has 0 heterocycles. The van der Waals surface area contributed by atoms with Gasteiger partial charge in [-0.15, -0.1) is 0 Å². The lowest BCUT2D eigenvalue weighted by Gasteiger charge is -2.07. The fourth-order valence-corrected chi connectivity index (χ4v) is 1.79. The van der Waals surface area contributed by atoms with E-state index in [4.69, 9.17) is 0 Å². The molecule has 0 N–H and O–H groups in total. The van der Waals surface area contributed by atoms with Gasteiger partial charge in [0, 0.05) is 20.3 Å². The molecule has 5 heteroatoms. The zero-order chi connectivity index (χ0) is 11.6. The summed E-state index contributed by atoms with van der Waals surface area (Å²) in [6, 6.07) is 2.45. The minimum Gasteiger partial charge on any atom is -0.298 e. The van der Waals surface area contributed by atoms with Crippen molar-refractivity contribution in [3.63, 3.8) is 0 Å². The predicted molar refractivity (Wildman–Crippen MR) is 59.5 cm³/mol. The summed E-state index contributed by atoms with van der Waals surface area (Å²) in [7, 11) is 0. The number of hydrogen-bond donors (Lipinski definition) is 0. The minimum atomic E-state index is -2.69. The Morgan fingerprint density at radius 2 is 2.07 bits per heavy atom. The molecule has 2 nitrogen and oxygen atoms in total. The summed E-state index contributed by atoms with van der Waals surface area (Å²) in [4.78, 5) is 21.7. The van der Waals surface area contributed by atoms with Crippen molar-refractivity contribution in [3.05, 3.63) is 32.4 Å². The van der Waals surface area contributed by atoms with Crippen LogP contribution in [0.25, 0.3) is 0 Å². The van der Waals surface area contributed by atoms with Gasteiger partial charge in [0.05, 0.1) is 0 Å². The minimum absolute atomic E-state index is 0.124. The van der Waals surface area contributed by atoms with Crippen molar-refractivity contribution in [2.45, 2.75) is 13.3 Å². The highest BCUT2D eigenvalue weighted by Crippen LogP contribution is 2.28. The summed E-state index contributed by atoms with van der Waals surface area (Å²) in [5.41, 5.74) is -0.0168. The molecule has 0 fully saturated rings. The summed E-state index contributed by atoms with van der Waals surface area (Å²) in [6.07, 6.45) is -2.21. The topological polar surface area (TPSA) is 34.1 Å². The standard InChI is InChI=1S/C10H7F2IO2/c1-5(15)6-2-7(4-14)9(13)8(3-6)10(11)12/h2-4,10H,1H3. The van der Waals surface area contributed by atoms with E-state index in [-0.39, 0.29) is 26.0 Å². The van der Waals surface area contributed by atoms with E-state index in [0.29, 0.717) is 6.29 Å². The molecule has 0 atom stereocenters. The smallest absolute Gasteiger partial charge is 0.264 e. The van der Waals surface area contributed by atoms with Gasteiger partial charge >= 0.3 is 0 Å². The second-order valence-electron chi connectivity index (χ2n) is 2.94. The molecule has 0 bridgehead atoms. The van der Waals surface area contributed by atoms with Crippen molar-refractivity contribution < 1.29 is 18.4 Å². The zero-order valence-corrected chi connectivity index (χ0v) is 9.92. The molecule has 0 radical (unpaired) electrons. The number of ketones is 1. The number of halogens is 3. The zero-order valence-electron chi connectivity index (χ0n) is 7.76. The van der Waals surface area contributed by atoms with Gasteiger partial charge in [0.25, 0.3) is 6.43 Å². The van der Waals surface area contributed by atoms with E-state index in [1.165, 1.54) is 13.0 Å². The Kier molecular flexibility index (Phi) is 3.90. The Morgan fingerprint density at radius 3 is 2.47 bits per heavy atom. The van der Waals surface area contributed by atoms with Crippen molar-refractivity contribution in [1.82, 2.24) is 0 Å². The van der Waals surface area contributed by atoms with Crippen molar-refractivity contribution in [2.24, 2.45) is 0 Å². The molecule has 0 spiro atoms. The first-order chi connectivity index (χ1) is 6.97. The summed E-state index contributed by atoms with van der Waals surface area (Å²) in [5, 5.41) is 0. The third-order valence-electron chi connectivity index (χ3n) is 1.90. The van der Waals surface area contributed by atoms with Gasteiger partial charge in [-0.2, -0.15) is 0 Å². The first kappa shape index (κ1) is 12.2. The van der Waals surface area contributed by atoms with E-state index in [1.807, 2.05) is 0 Å². The van der Waals surface area contributed by atoms with Gasteiger partial charge < -0.3 is 0 Å². The van der Waals surface area contributed by atoms with Crippen LogP contribution < -0.4 is 0 Å². The highest BCUT2D eigenvalue weighted by Gasteiger charge is 2.17. The molecule has 1 aromatic rings. The van der Waals surface area contributed by atoms with E-state index in [1.54, 1.807) is 22.6 Å². The maximum Gasteiger partial charge on any atom is 0.264 e. The van der Waals surface area contributed by atoms with Gasteiger partial charge in [0.1, 0.15) is 0 Å². The molecule has 0 saturated carbocycles. The molecule has 0 aliphatic carbocycles. The number of carbonyl (C=O) groups is 2. The van der Waals surface area contributed by atoms with E-state index in [0.717, 1.165) is 6.07 Å². The Morgan fingerprint density at radius 1 is 1.47 bits per heavy atom. The summed E-state index contributed by atoms with van der Waals surface area (Å²) in [6.45, 7) is 1.27. The molecule has 80 valence electrons. The van der Waals surface area contributed by atoms with Gasteiger partial charge in [-0.1, -0.05) is 0 Å². The number of hydrogen-bond acceptors (Lipinski definition) is 2. The molecule has 0 aliphatic rings. The first-order valence-electron chi connectivity index (χ1n) is 4.05. The van der Waals surface area contributed by atoms with Crippen LogP contribution in [0.4, 0.5) is 8.78 Å². The average molecular weight is 324 g/mol. The van der Waals surface area contributed by atoms with Crippen LogP contribution in [0.2, 0.25) is 0 Å². The molecule has 15 heavy (non-hydrogen) atoms. The molecule has 0 aliphatic heterocycles. The maximum absolute atomic E-state index is 12.6. The normalized spacial score (nSPS) is 10.5. The van der Waals surface area contributed by atoms with E-state index >= 15 is 0 Å². The number of alkyl halides is 2. The van der Waals surface area contributed by atoms with Crippen LogP contribution in [0.1, 0.15) is 39.6 Å². The monoisotopic (exact) mass is 324 g/mol. The van der Waals surface area contributed by atoms with Crippen LogP contribution in [0.3, 0.4) is 0 Å². The SMILES string of the molecule is CC(=O)c1cc(C=O)c(I)c(C(F)F)c1. The predicted octanol–water partition coefficient (Wildman–Crippen LogP) is 3.24. The summed E-state index contributed by atoms with van der Waals surface area (Å²) < 4.78 is 25.3. The van der Waals surface area contributed by atoms with Gasteiger partial charge in [0.2, 0.25) is 0 Å². The van der Waals surface area contributed by atoms with E-state index in [9.17, 15) is 18.4 Å². The fraction of sp³-hybridized carbons (Fsp3) is 0.200. The number of carbonyl (C=O) groups excluding carboxylic acids is 2. The number of rotatable bonds is 3. The lowest BCUT2D eigenvalue weighted by molar-refractivity contribution is 0.101. The van der Waals surface area contributed by atoms with Crippen LogP contribution in [0.5, 0.6) is 0 Å². The molecule has 0 aromatic heterocycles. The molecule has 0 unspecified atom stereocenters. The Balaban J connectivity index is 3.45. The largest absolute Gasteiger partial charge is 0.298 e. The Labute approximate surface area is 98.8 Å². The number of aldehydes is 1. The Hall–Kier alpha value is -0.850. The van der Waals surface area contributed by atoms with E-state index in [2.05, 4.69) is 0 Å². The van der Waals surface area contributed by atoms with Crippen LogP contribution in [0, 0.1) is 3.57 Å². The third-order valence-corrected chi connectivity index (χ3v) is 3.14. The van der Waals surface area contributed by atoms with Crippen LogP contribution in [-0.4, -0.2) is 12.1 Å². The molecule has 0 saturated heterocycles. The fourth-order valence-electron chi connectivity index (χ4n) is 1.12. The number of Topliss-reactive ketones (excluding diaryl/α,β-unsaturated/α-hetero) is 1. The van der Waals surface area contributed by atoms with Gasteiger partial charge in [-0.05, 0) is 41.6 Å². The van der Waals surface area contributed by atoms with Crippen LogP contribution in [0.15, 0.2) is 12.1 Å². The van der Waals surface area contributed by atoms with Crippen molar-refractivity contribution >= 4 is 34.7 Å². The lowest BCUT2D eigenvalue weighted by Crippen LogP contribution is -2.01. The van der Waals surface area contributed by atoms with Crippen LogP contribution in [-0.2, 0) is 0 Å². The summed E-state index contributed by atoms with van der Waals surface area (Å²) in [5.74, 6) is -0.337. The quantitative estimate of drug-likeness (QED) is 0.486. The molecule has 1 aromatic carbocycles. The second kappa shape index (κ2) is 4.78. The van der Waals surface area contributed by atoms with Gasteiger partial charge in [-0.25, -0.2) is 8.78 Å². The molecular formula is C10H7F2IO2. The average Bonchev–Trinajstić information content (AvgIpc) is 2.17.